The molecular formula is C20H21ClF3N7O2. The summed E-state index contributed by atoms with van der Waals surface area (Å²) in [5.41, 5.74) is -0.499. The lowest BCUT2D eigenvalue weighted by Gasteiger charge is -2.35. The van der Waals surface area contributed by atoms with Crippen molar-refractivity contribution in [3.63, 3.8) is 0 Å². The van der Waals surface area contributed by atoms with Crippen LogP contribution in [-0.2, 0) is 15.8 Å². The molecule has 0 unspecified atom stereocenters. The minimum absolute atomic E-state index is 0.0389. The Labute approximate surface area is 193 Å². The summed E-state index contributed by atoms with van der Waals surface area (Å²) >= 11 is 5.98. The summed E-state index contributed by atoms with van der Waals surface area (Å²) in [6, 6.07) is 4.45. The number of anilines is 1. The molecule has 176 valence electrons. The maximum Gasteiger partial charge on any atom is 0.417 e. The van der Waals surface area contributed by atoms with E-state index in [0.29, 0.717) is 31.9 Å². The third-order valence-electron chi connectivity index (χ3n) is 4.75. The number of hydrogen-bond acceptors (Lipinski definition) is 8. The molecule has 2 rings (SSSR count). The number of hydrogen-bond donors (Lipinski definition) is 0. The molecule has 1 aromatic heterocycles. The van der Waals surface area contributed by atoms with Crippen molar-refractivity contribution in [1.82, 2.24) is 14.8 Å². The molecule has 9 nitrogen and oxygen atoms in total. The molecule has 0 atom stereocenters. The van der Waals surface area contributed by atoms with Crippen molar-refractivity contribution in [2.45, 2.75) is 12.6 Å². The van der Waals surface area contributed by atoms with E-state index in [9.17, 15) is 18.0 Å². The zero-order valence-electron chi connectivity index (χ0n) is 17.9. The first-order valence-corrected chi connectivity index (χ1v) is 10.1. The van der Waals surface area contributed by atoms with Crippen LogP contribution in [0.3, 0.4) is 0 Å². The van der Waals surface area contributed by atoms with Crippen LogP contribution < -0.4 is 4.90 Å². The van der Waals surface area contributed by atoms with E-state index < -0.39 is 11.7 Å². The number of carbonyl (C=O) groups excluding carboxylic acids is 1. The number of piperazine rings is 1. The normalized spacial score (nSPS) is 13.9. The van der Waals surface area contributed by atoms with Crippen molar-refractivity contribution >= 4 is 29.5 Å². The van der Waals surface area contributed by atoms with Gasteiger partial charge in [-0.3, -0.25) is 4.79 Å². The summed E-state index contributed by atoms with van der Waals surface area (Å²) in [6.45, 7) is 1.00. The second-order valence-electron chi connectivity index (χ2n) is 7.10. The first kappa shape index (κ1) is 25.7. The lowest BCUT2D eigenvalue weighted by Crippen LogP contribution is -2.50. The highest BCUT2D eigenvalue weighted by Gasteiger charge is 2.32. The van der Waals surface area contributed by atoms with E-state index >= 15 is 0 Å². The van der Waals surface area contributed by atoms with Crippen molar-refractivity contribution in [2.24, 2.45) is 5.16 Å². The number of amides is 1. The number of nitriles is 2. The van der Waals surface area contributed by atoms with Crippen LogP contribution >= 0.6 is 11.6 Å². The minimum Gasteiger partial charge on any atom is -0.386 e. The molecule has 0 bridgehead atoms. The van der Waals surface area contributed by atoms with Gasteiger partial charge in [-0.25, -0.2) is 4.98 Å². The third kappa shape index (κ3) is 6.99. The molecule has 33 heavy (non-hydrogen) atoms. The van der Waals surface area contributed by atoms with E-state index in [-0.39, 0.29) is 35.3 Å². The van der Waals surface area contributed by atoms with Crippen molar-refractivity contribution in [1.29, 1.82) is 10.5 Å². The molecule has 0 radical (unpaired) electrons. The SMILES string of the molecule is CN(C)C(C/C=N/OCC(=O)N1CCN(c2ncc(C(F)(F)F)cc2Cl)CC1)=C(C#N)C#N. The Kier molecular flexibility index (Phi) is 8.88. The van der Waals surface area contributed by atoms with Gasteiger partial charge in [-0.05, 0) is 6.07 Å². The Balaban J connectivity index is 1.84. The Morgan fingerprint density at radius 2 is 1.94 bits per heavy atom. The molecule has 2 heterocycles. The molecule has 1 aromatic rings. The molecule has 0 aromatic carbocycles. The molecule has 0 saturated carbocycles. The number of rotatable bonds is 7. The van der Waals surface area contributed by atoms with Gasteiger partial charge in [0.2, 0.25) is 0 Å². The van der Waals surface area contributed by atoms with E-state index in [0.717, 1.165) is 12.3 Å². The second-order valence-corrected chi connectivity index (χ2v) is 7.51. The summed E-state index contributed by atoms with van der Waals surface area (Å²) in [7, 11) is 3.38. The van der Waals surface area contributed by atoms with E-state index in [2.05, 4.69) is 10.1 Å². The average molecular weight is 484 g/mol. The predicted molar refractivity (Wildman–Crippen MR) is 114 cm³/mol. The van der Waals surface area contributed by atoms with Gasteiger partial charge in [0.25, 0.3) is 5.91 Å². The van der Waals surface area contributed by atoms with Gasteiger partial charge in [-0.15, -0.1) is 0 Å². The molecule has 1 aliphatic rings. The molecular weight excluding hydrogens is 463 g/mol. The van der Waals surface area contributed by atoms with Crippen LogP contribution in [0, 0.1) is 22.7 Å². The monoisotopic (exact) mass is 483 g/mol. The number of pyridine rings is 1. The Hall–Kier alpha value is -3.51. The van der Waals surface area contributed by atoms with Crippen LogP contribution in [-0.4, -0.2) is 73.8 Å². The zero-order valence-corrected chi connectivity index (χ0v) is 18.7. The Bertz CT molecular complexity index is 988. The maximum absolute atomic E-state index is 12.8. The van der Waals surface area contributed by atoms with E-state index in [1.54, 1.807) is 28.8 Å². The van der Waals surface area contributed by atoms with Crippen molar-refractivity contribution in [3.8, 4) is 12.1 Å². The second kappa shape index (κ2) is 11.4. The highest BCUT2D eigenvalue weighted by molar-refractivity contribution is 6.33. The Morgan fingerprint density at radius 1 is 1.30 bits per heavy atom. The first-order chi connectivity index (χ1) is 15.6. The molecule has 1 fully saturated rings. The van der Waals surface area contributed by atoms with Crippen LogP contribution in [0.2, 0.25) is 5.02 Å². The van der Waals surface area contributed by atoms with Crippen LogP contribution in [0.5, 0.6) is 0 Å². The number of alkyl halides is 3. The first-order valence-electron chi connectivity index (χ1n) is 9.68. The van der Waals surface area contributed by atoms with E-state index in [4.69, 9.17) is 27.0 Å². The fraction of sp³-hybridized carbons (Fsp3) is 0.450. The van der Waals surface area contributed by atoms with Gasteiger partial charge in [0.05, 0.1) is 10.6 Å². The predicted octanol–water partition coefficient (Wildman–Crippen LogP) is 2.66. The lowest BCUT2D eigenvalue weighted by atomic mass is 10.2. The van der Waals surface area contributed by atoms with Gasteiger partial charge < -0.3 is 19.5 Å². The number of nitrogens with zero attached hydrogens (tertiary/aromatic N) is 7. The zero-order chi connectivity index (χ0) is 24.6. The molecule has 1 amide bonds. The highest BCUT2D eigenvalue weighted by atomic mass is 35.5. The van der Waals surface area contributed by atoms with Gasteiger partial charge in [-0.1, -0.05) is 16.8 Å². The third-order valence-corrected chi connectivity index (χ3v) is 5.03. The number of halogens is 4. The summed E-state index contributed by atoms with van der Waals surface area (Å²) in [4.78, 5) is 26.0. The van der Waals surface area contributed by atoms with E-state index in [1.165, 1.54) is 6.21 Å². The number of carbonyl (C=O) groups is 1. The van der Waals surface area contributed by atoms with Gasteiger partial charge in [0.1, 0.15) is 23.5 Å². The van der Waals surface area contributed by atoms with Crippen LogP contribution in [0.15, 0.2) is 28.7 Å². The van der Waals surface area contributed by atoms with E-state index in [1.807, 2.05) is 12.1 Å². The summed E-state index contributed by atoms with van der Waals surface area (Å²) in [5.74, 6) is -0.0761. The maximum atomic E-state index is 12.8. The van der Waals surface area contributed by atoms with Gasteiger partial charge in [0, 0.05) is 64.8 Å². The largest absolute Gasteiger partial charge is 0.417 e. The minimum atomic E-state index is -4.53. The molecule has 0 N–H and O–H groups in total. The van der Waals surface area contributed by atoms with Crippen molar-refractivity contribution < 1.29 is 22.8 Å². The quantitative estimate of drug-likeness (QED) is 0.333. The summed E-state index contributed by atoms with van der Waals surface area (Å²) < 4.78 is 38.3. The summed E-state index contributed by atoms with van der Waals surface area (Å²) in [5, 5.41) is 21.5. The van der Waals surface area contributed by atoms with Crippen LogP contribution in [0.4, 0.5) is 19.0 Å². The smallest absolute Gasteiger partial charge is 0.386 e. The molecule has 0 spiro atoms. The standard InChI is InChI=1S/C20H21ClF3N7O2/c1-29(2)17(14(10-25)11-26)3-4-28-33-13-18(32)30-5-7-31(8-6-30)19-16(21)9-15(12-27-19)20(22,23)24/h4,9,12H,3,5-8,13H2,1-2H3/b28-4+. The number of oxime groups is 1. The lowest BCUT2D eigenvalue weighted by molar-refractivity contribution is -0.138. The Morgan fingerprint density at radius 3 is 2.45 bits per heavy atom. The number of allylic oxidation sites excluding steroid dienone is 2. The van der Waals surface area contributed by atoms with Gasteiger partial charge in [0.15, 0.2) is 6.61 Å². The van der Waals surface area contributed by atoms with Crippen molar-refractivity contribution in [2.75, 3.05) is 51.8 Å². The van der Waals surface area contributed by atoms with Gasteiger partial charge >= 0.3 is 6.18 Å². The molecule has 13 heteroatoms. The highest BCUT2D eigenvalue weighted by Crippen LogP contribution is 2.33. The fourth-order valence-electron chi connectivity index (χ4n) is 3.01. The summed E-state index contributed by atoms with van der Waals surface area (Å²) in [6.07, 6.45) is -2.26. The van der Waals surface area contributed by atoms with Crippen LogP contribution in [0.1, 0.15) is 12.0 Å². The molecule has 1 aliphatic heterocycles. The molecule has 0 aliphatic carbocycles. The van der Waals surface area contributed by atoms with Gasteiger partial charge in [-0.2, -0.15) is 23.7 Å². The van der Waals surface area contributed by atoms with Crippen molar-refractivity contribution in [3.05, 3.63) is 34.1 Å². The molecule has 1 saturated heterocycles. The average Bonchev–Trinajstić information content (AvgIpc) is 2.77. The number of aromatic nitrogens is 1. The fourth-order valence-corrected chi connectivity index (χ4v) is 3.29. The van der Waals surface area contributed by atoms with Crippen LogP contribution in [0.25, 0.3) is 0 Å². The topological polar surface area (TPSA) is 109 Å².